The zero-order valence-electron chi connectivity index (χ0n) is 13.3. The lowest BCUT2D eigenvalue weighted by Gasteiger charge is -2.08. The molecule has 0 spiro atoms. The first-order valence-electron chi connectivity index (χ1n) is 7.73. The topological polar surface area (TPSA) is 73.2 Å². The van der Waals surface area contributed by atoms with Crippen LogP contribution in [0.5, 0.6) is 0 Å². The van der Waals surface area contributed by atoms with Crippen LogP contribution in [0.1, 0.15) is 6.42 Å². The van der Waals surface area contributed by atoms with Crippen molar-refractivity contribution in [1.82, 2.24) is 9.55 Å². The summed E-state index contributed by atoms with van der Waals surface area (Å²) in [7, 11) is 0. The number of aromatic nitrogens is 2. The predicted molar refractivity (Wildman–Crippen MR) is 95.4 cm³/mol. The molecule has 0 fully saturated rings. The third-order valence-corrected chi connectivity index (χ3v) is 3.94. The number of para-hydroxylation sites is 1. The third kappa shape index (κ3) is 4.36. The number of anilines is 1. The number of ether oxygens (including phenoxy) is 1. The fourth-order valence-corrected chi connectivity index (χ4v) is 2.60. The number of halogens is 1. The van der Waals surface area contributed by atoms with E-state index in [4.69, 9.17) is 16.3 Å². The van der Waals surface area contributed by atoms with E-state index < -0.39 is 11.9 Å². The second kappa shape index (κ2) is 7.81. The average molecular weight is 358 g/mol. The number of pyridine rings is 1. The zero-order chi connectivity index (χ0) is 17.6. The van der Waals surface area contributed by atoms with Gasteiger partial charge in [0.2, 0.25) is 0 Å². The SMILES string of the molecule is O=C(COC(=O)CCn1ccc2ccccc21)Nc1cccnc1Cl. The second-order valence-corrected chi connectivity index (χ2v) is 5.73. The highest BCUT2D eigenvalue weighted by molar-refractivity contribution is 6.32. The van der Waals surface area contributed by atoms with Crippen LogP contribution in [0.4, 0.5) is 5.69 Å². The number of nitrogens with zero attached hydrogens (tertiary/aromatic N) is 2. The molecule has 0 unspecified atom stereocenters. The molecule has 0 aliphatic rings. The van der Waals surface area contributed by atoms with E-state index in [9.17, 15) is 9.59 Å². The number of hydrogen-bond donors (Lipinski definition) is 1. The maximum absolute atomic E-state index is 11.8. The van der Waals surface area contributed by atoms with Gasteiger partial charge < -0.3 is 14.6 Å². The molecule has 25 heavy (non-hydrogen) atoms. The van der Waals surface area contributed by atoms with Crippen molar-refractivity contribution in [3.05, 3.63) is 60.0 Å². The van der Waals surface area contributed by atoms with Gasteiger partial charge in [0.25, 0.3) is 5.91 Å². The highest BCUT2D eigenvalue weighted by atomic mass is 35.5. The standard InChI is InChI=1S/C18H16ClN3O3/c19-18-14(5-3-9-20-18)21-16(23)12-25-17(24)8-11-22-10-7-13-4-1-2-6-15(13)22/h1-7,9-10H,8,11-12H2,(H,21,23). The summed E-state index contributed by atoms with van der Waals surface area (Å²) in [5.74, 6) is -0.903. The fraction of sp³-hybridized carbons (Fsp3) is 0.167. The van der Waals surface area contributed by atoms with Gasteiger partial charge in [-0.2, -0.15) is 0 Å². The molecule has 1 N–H and O–H groups in total. The van der Waals surface area contributed by atoms with E-state index in [1.807, 2.05) is 41.1 Å². The maximum Gasteiger partial charge on any atom is 0.308 e. The van der Waals surface area contributed by atoms with Crippen LogP contribution in [0.3, 0.4) is 0 Å². The van der Waals surface area contributed by atoms with Crippen molar-refractivity contribution in [2.24, 2.45) is 0 Å². The number of esters is 1. The molecule has 0 aliphatic heterocycles. The molecular formula is C18H16ClN3O3. The Morgan fingerprint density at radius 2 is 2.00 bits per heavy atom. The first-order chi connectivity index (χ1) is 12.1. The van der Waals surface area contributed by atoms with Crippen molar-refractivity contribution in [3.8, 4) is 0 Å². The lowest BCUT2D eigenvalue weighted by Crippen LogP contribution is -2.21. The van der Waals surface area contributed by atoms with Gasteiger partial charge in [-0.05, 0) is 29.7 Å². The summed E-state index contributed by atoms with van der Waals surface area (Å²) in [6.45, 7) is 0.124. The Morgan fingerprint density at radius 1 is 1.16 bits per heavy atom. The summed E-state index contributed by atoms with van der Waals surface area (Å²) in [6, 6.07) is 13.2. The molecule has 0 radical (unpaired) electrons. The Bertz CT molecular complexity index is 907. The molecule has 3 aromatic rings. The van der Waals surface area contributed by atoms with Gasteiger partial charge >= 0.3 is 5.97 Å². The van der Waals surface area contributed by atoms with Gasteiger partial charge in [-0.3, -0.25) is 9.59 Å². The van der Waals surface area contributed by atoms with E-state index in [1.54, 1.807) is 12.1 Å². The summed E-state index contributed by atoms with van der Waals surface area (Å²) in [5.41, 5.74) is 1.43. The number of aryl methyl sites for hydroxylation is 1. The van der Waals surface area contributed by atoms with Gasteiger partial charge in [-0.25, -0.2) is 4.98 Å². The Hall–Kier alpha value is -2.86. The highest BCUT2D eigenvalue weighted by Gasteiger charge is 2.10. The maximum atomic E-state index is 11.8. The minimum absolute atomic E-state index is 0.180. The third-order valence-electron chi connectivity index (χ3n) is 3.63. The molecule has 1 aromatic carbocycles. The van der Waals surface area contributed by atoms with Crippen LogP contribution >= 0.6 is 11.6 Å². The number of rotatable bonds is 6. The van der Waals surface area contributed by atoms with Crippen LogP contribution < -0.4 is 5.32 Å². The number of benzene rings is 1. The van der Waals surface area contributed by atoms with Crippen LogP contribution in [-0.2, 0) is 20.9 Å². The van der Waals surface area contributed by atoms with E-state index in [0.717, 1.165) is 10.9 Å². The first kappa shape index (κ1) is 17.0. The molecule has 6 nitrogen and oxygen atoms in total. The van der Waals surface area contributed by atoms with Gasteiger partial charge in [-0.1, -0.05) is 29.8 Å². The summed E-state index contributed by atoms with van der Waals surface area (Å²) >= 11 is 5.85. The largest absolute Gasteiger partial charge is 0.456 e. The number of fused-ring (bicyclic) bond motifs is 1. The van der Waals surface area contributed by atoms with Crippen LogP contribution in [-0.4, -0.2) is 28.0 Å². The summed E-state index contributed by atoms with van der Waals surface area (Å²) in [6.07, 6.45) is 3.62. The van der Waals surface area contributed by atoms with Crippen molar-refractivity contribution in [1.29, 1.82) is 0 Å². The van der Waals surface area contributed by atoms with Gasteiger partial charge in [0.05, 0.1) is 12.1 Å². The van der Waals surface area contributed by atoms with Gasteiger partial charge in [0.1, 0.15) is 0 Å². The molecule has 128 valence electrons. The number of nitrogens with one attached hydrogen (secondary N) is 1. The minimum atomic E-state index is -0.463. The number of carbonyl (C=O) groups excluding carboxylic acids is 2. The molecule has 1 amide bonds. The molecule has 7 heteroatoms. The molecule has 2 aromatic heterocycles. The summed E-state index contributed by atoms with van der Waals surface area (Å²) < 4.78 is 6.98. The molecule has 0 atom stereocenters. The quantitative estimate of drug-likeness (QED) is 0.543. The number of carbonyl (C=O) groups is 2. The monoisotopic (exact) mass is 357 g/mol. The van der Waals surface area contributed by atoms with Crippen LogP contribution in [0.25, 0.3) is 10.9 Å². The number of amides is 1. The zero-order valence-corrected chi connectivity index (χ0v) is 14.1. The van der Waals surface area contributed by atoms with E-state index in [1.165, 1.54) is 6.20 Å². The van der Waals surface area contributed by atoms with Crippen molar-refractivity contribution >= 4 is 40.1 Å². The van der Waals surface area contributed by atoms with Crippen molar-refractivity contribution in [3.63, 3.8) is 0 Å². The molecule has 2 heterocycles. The molecule has 0 saturated carbocycles. The fourth-order valence-electron chi connectivity index (χ4n) is 2.43. The lowest BCUT2D eigenvalue weighted by molar-refractivity contribution is -0.147. The Balaban J connectivity index is 1.46. The van der Waals surface area contributed by atoms with E-state index >= 15 is 0 Å². The van der Waals surface area contributed by atoms with Gasteiger partial charge in [0, 0.05) is 24.5 Å². The highest BCUT2D eigenvalue weighted by Crippen LogP contribution is 2.17. The Kier molecular flexibility index (Phi) is 5.30. The molecule has 3 rings (SSSR count). The lowest BCUT2D eigenvalue weighted by atomic mass is 10.2. The smallest absolute Gasteiger partial charge is 0.308 e. The average Bonchev–Trinajstić information content (AvgIpc) is 3.03. The molecule has 0 saturated heterocycles. The second-order valence-electron chi connectivity index (χ2n) is 5.37. The van der Waals surface area contributed by atoms with Gasteiger partial charge in [-0.15, -0.1) is 0 Å². The van der Waals surface area contributed by atoms with Crippen molar-refractivity contribution in [2.75, 3.05) is 11.9 Å². The van der Waals surface area contributed by atoms with Crippen LogP contribution in [0.15, 0.2) is 54.9 Å². The number of hydrogen-bond acceptors (Lipinski definition) is 4. The van der Waals surface area contributed by atoms with Crippen LogP contribution in [0, 0.1) is 0 Å². The molecule has 0 aliphatic carbocycles. The van der Waals surface area contributed by atoms with Crippen molar-refractivity contribution in [2.45, 2.75) is 13.0 Å². The Morgan fingerprint density at radius 3 is 2.84 bits per heavy atom. The normalized spacial score (nSPS) is 10.6. The predicted octanol–water partition coefficient (Wildman–Crippen LogP) is 3.26. The van der Waals surface area contributed by atoms with E-state index in [0.29, 0.717) is 12.2 Å². The molecule has 0 bridgehead atoms. The van der Waals surface area contributed by atoms with E-state index in [-0.39, 0.29) is 18.2 Å². The van der Waals surface area contributed by atoms with E-state index in [2.05, 4.69) is 10.3 Å². The Labute approximate surface area is 149 Å². The van der Waals surface area contributed by atoms with Crippen molar-refractivity contribution < 1.29 is 14.3 Å². The van der Waals surface area contributed by atoms with Crippen LogP contribution in [0.2, 0.25) is 5.15 Å². The summed E-state index contributed by atoms with van der Waals surface area (Å²) in [5, 5.41) is 3.84. The van der Waals surface area contributed by atoms with Gasteiger partial charge in [0.15, 0.2) is 11.8 Å². The minimum Gasteiger partial charge on any atom is -0.456 e. The molecular weight excluding hydrogens is 342 g/mol. The first-order valence-corrected chi connectivity index (χ1v) is 8.11. The summed E-state index contributed by atoms with van der Waals surface area (Å²) in [4.78, 5) is 27.5.